The van der Waals surface area contributed by atoms with Gasteiger partial charge in [-0.2, -0.15) is 0 Å². The smallest absolute Gasteiger partial charge is 0.187 e. The minimum atomic E-state index is -1.60. The zero-order valence-electron chi connectivity index (χ0n) is 24.8. The van der Waals surface area contributed by atoms with Gasteiger partial charge >= 0.3 is 0 Å². The third-order valence-electron chi connectivity index (χ3n) is 8.75. The number of nitrogens with two attached hydrogens (primary N) is 5. The number of hydrogen-bond donors (Lipinski definition) is 11. The maximum absolute atomic E-state index is 12.4. The summed E-state index contributed by atoms with van der Waals surface area (Å²) in [5.74, 6) is -0.992. The molecule has 0 bridgehead atoms. The zero-order chi connectivity index (χ0) is 33.0. The van der Waals surface area contributed by atoms with Crippen LogP contribution in [0.4, 0.5) is 0 Å². The molecular weight excluding hydrogens is 602 g/mol. The predicted octanol–water partition coefficient (Wildman–Crippen LogP) is -6.43. The molecule has 17 atom stereocenters. The molecule has 4 rings (SSSR count). The molecule has 1 aliphatic carbocycles. The summed E-state index contributed by atoms with van der Waals surface area (Å²) in [5, 5.41) is 62.5. The Morgan fingerprint density at radius 2 is 1.42 bits per heavy atom. The maximum Gasteiger partial charge on any atom is 0.187 e. The Kier molecular flexibility index (Phi) is 13.2. The van der Waals surface area contributed by atoms with E-state index >= 15 is 0 Å². The van der Waals surface area contributed by atoms with Gasteiger partial charge in [0.15, 0.2) is 18.9 Å². The molecule has 3 aliphatic heterocycles. The summed E-state index contributed by atoms with van der Waals surface area (Å²) in [5.41, 5.74) is 30.1. The first kappa shape index (κ1) is 36.6. The zero-order valence-corrected chi connectivity index (χ0v) is 24.8. The van der Waals surface area contributed by atoms with Gasteiger partial charge in [-0.1, -0.05) is 12.2 Å². The van der Waals surface area contributed by atoms with Crippen LogP contribution in [-0.2, 0) is 33.2 Å². The molecule has 2 saturated heterocycles. The van der Waals surface area contributed by atoms with Crippen LogP contribution in [0.15, 0.2) is 12.2 Å². The molecular formula is C27H49N5O13. The van der Waals surface area contributed by atoms with E-state index in [9.17, 15) is 35.4 Å². The van der Waals surface area contributed by atoms with Crippen LogP contribution in [0.3, 0.4) is 0 Å². The highest BCUT2D eigenvalue weighted by atomic mass is 16.8. The first-order valence-corrected chi connectivity index (χ1v) is 15.2. The fraction of sp³-hybridized carbons (Fsp3) is 0.889. The van der Waals surface area contributed by atoms with E-state index in [1.807, 2.05) is 0 Å². The van der Waals surface area contributed by atoms with E-state index in [2.05, 4.69) is 0 Å². The van der Waals surface area contributed by atoms with E-state index in [4.69, 9.17) is 57.1 Å². The molecule has 0 aromatic heterocycles. The van der Waals surface area contributed by atoms with E-state index in [1.165, 1.54) is 0 Å². The van der Waals surface area contributed by atoms with Crippen molar-refractivity contribution < 1.29 is 63.9 Å². The molecule has 3 fully saturated rings. The van der Waals surface area contributed by atoms with Crippen LogP contribution in [-0.4, -0.2) is 161 Å². The summed E-state index contributed by atoms with van der Waals surface area (Å²) in [6.07, 6.45) is -12.8. The quantitative estimate of drug-likeness (QED) is 0.0824. The molecule has 260 valence electrons. The Balaban J connectivity index is 1.54. The van der Waals surface area contributed by atoms with E-state index in [0.717, 1.165) is 0 Å². The molecule has 0 aromatic rings. The SMILES string of the molecule is NC[C@@H]1O[C@H](O[C@H]2[C@@H](O)[C@H](O[C@@H]3[C@@H](O)[C@H](CC(=O)CCO)C[C@H](N)[C@H]3O[C@H]3O[C@H](CN)C=C[C@H]3N)O[C@@H]2CO)[C@H](N)[C@@H](O)[C@@H]1O. The first-order valence-electron chi connectivity index (χ1n) is 15.2. The van der Waals surface area contributed by atoms with Gasteiger partial charge in [0.05, 0.1) is 30.9 Å². The molecule has 0 aromatic carbocycles. The minimum absolute atomic E-state index is 0.105. The van der Waals surface area contributed by atoms with Crippen molar-refractivity contribution in [2.24, 2.45) is 34.6 Å². The number of aliphatic hydroxyl groups is 6. The minimum Gasteiger partial charge on any atom is -0.396 e. The number of rotatable bonds is 13. The van der Waals surface area contributed by atoms with Gasteiger partial charge in [0.2, 0.25) is 0 Å². The van der Waals surface area contributed by atoms with Gasteiger partial charge in [0.25, 0.3) is 0 Å². The molecule has 16 N–H and O–H groups in total. The average Bonchev–Trinajstić information content (AvgIpc) is 3.31. The number of ketones is 1. The third kappa shape index (κ3) is 8.24. The van der Waals surface area contributed by atoms with Crippen LogP contribution in [0.2, 0.25) is 0 Å². The van der Waals surface area contributed by atoms with Crippen molar-refractivity contribution >= 4 is 5.78 Å². The molecule has 3 heterocycles. The lowest BCUT2D eigenvalue weighted by atomic mass is 9.77. The molecule has 45 heavy (non-hydrogen) atoms. The van der Waals surface area contributed by atoms with Crippen LogP contribution in [0, 0.1) is 5.92 Å². The van der Waals surface area contributed by atoms with Gasteiger partial charge in [-0.3, -0.25) is 4.79 Å². The number of ether oxygens (including phenoxy) is 6. The van der Waals surface area contributed by atoms with Crippen LogP contribution in [0.1, 0.15) is 19.3 Å². The highest BCUT2D eigenvalue weighted by Crippen LogP contribution is 2.36. The van der Waals surface area contributed by atoms with Crippen molar-refractivity contribution in [2.75, 3.05) is 26.3 Å². The second kappa shape index (κ2) is 16.2. The normalized spacial score (nSPS) is 47.2. The van der Waals surface area contributed by atoms with E-state index < -0.39 is 111 Å². The van der Waals surface area contributed by atoms with E-state index in [1.54, 1.807) is 12.2 Å². The van der Waals surface area contributed by atoms with Crippen molar-refractivity contribution in [3.63, 3.8) is 0 Å². The Bertz CT molecular complexity index is 983. The lowest BCUT2D eigenvalue weighted by Gasteiger charge is -2.46. The lowest BCUT2D eigenvalue weighted by molar-refractivity contribution is -0.286. The summed E-state index contributed by atoms with van der Waals surface area (Å²) < 4.78 is 35.4. The Labute approximate surface area is 260 Å². The van der Waals surface area contributed by atoms with Crippen molar-refractivity contribution in [3.05, 3.63) is 12.2 Å². The number of carbonyl (C=O) groups excluding carboxylic acids is 1. The van der Waals surface area contributed by atoms with E-state index in [0.29, 0.717) is 0 Å². The second-order valence-electron chi connectivity index (χ2n) is 12.0. The summed E-state index contributed by atoms with van der Waals surface area (Å²) in [7, 11) is 0. The standard InChI is InChI=1S/C27H49N5O13/c28-7-12-1-2-13(30)25(40-12)43-22-14(31)6-10(5-11(35)3-4-33)18(36)24(22)45-27-21(39)23(16(9-34)42-27)44-26-17(32)20(38)19(37)15(8-29)41-26/h1-2,10,12-27,33-34,36-39H,3-9,28-32H2/t10-,12+,13-,14+,15+,16-,17-,18+,19-,20-,21-,22-,23-,24-,25-,26-,27+/m1/s1. The van der Waals surface area contributed by atoms with Crippen molar-refractivity contribution in [1.82, 2.24) is 0 Å². The van der Waals surface area contributed by atoms with Crippen LogP contribution in [0.5, 0.6) is 0 Å². The maximum atomic E-state index is 12.4. The largest absolute Gasteiger partial charge is 0.396 e. The number of carbonyl (C=O) groups is 1. The summed E-state index contributed by atoms with van der Waals surface area (Å²) in [6.45, 7) is -1.00. The average molecular weight is 652 g/mol. The van der Waals surface area contributed by atoms with Crippen molar-refractivity contribution in [3.8, 4) is 0 Å². The van der Waals surface area contributed by atoms with Gasteiger partial charge in [-0.25, -0.2) is 0 Å². The summed E-state index contributed by atoms with van der Waals surface area (Å²) in [4.78, 5) is 12.4. The van der Waals surface area contributed by atoms with Gasteiger partial charge in [-0.05, 0) is 12.3 Å². The Morgan fingerprint density at radius 1 is 0.756 bits per heavy atom. The highest BCUT2D eigenvalue weighted by Gasteiger charge is 2.54. The van der Waals surface area contributed by atoms with Crippen molar-refractivity contribution in [1.29, 1.82) is 0 Å². The number of aliphatic hydroxyl groups excluding tert-OH is 6. The summed E-state index contributed by atoms with van der Waals surface area (Å²) in [6, 6.07) is -2.76. The number of Topliss-reactive ketones (excluding diaryl/α,β-unsaturated/α-hetero) is 1. The Morgan fingerprint density at radius 3 is 2.07 bits per heavy atom. The lowest BCUT2D eigenvalue weighted by Crippen LogP contribution is -2.64. The van der Waals surface area contributed by atoms with Gasteiger partial charge in [-0.15, -0.1) is 0 Å². The van der Waals surface area contributed by atoms with Gasteiger partial charge < -0.3 is 87.7 Å². The molecule has 0 radical (unpaired) electrons. The molecule has 0 spiro atoms. The summed E-state index contributed by atoms with van der Waals surface area (Å²) >= 11 is 0. The molecule has 1 saturated carbocycles. The van der Waals surface area contributed by atoms with Crippen molar-refractivity contribution in [2.45, 2.75) is 117 Å². The molecule has 4 aliphatic rings. The molecule has 0 unspecified atom stereocenters. The monoisotopic (exact) mass is 651 g/mol. The predicted molar refractivity (Wildman–Crippen MR) is 152 cm³/mol. The topological polar surface area (TPSA) is 324 Å². The van der Waals surface area contributed by atoms with Crippen LogP contribution in [0.25, 0.3) is 0 Å². The molecule has 18 heteroatoms. The van der Waals surface area contributed by atoms with Gasteiger partial charge in [0, 0.05) is 38.6 Å². The fourth-order valence-corrected chi connectivity index (χ4v) is 6.16. The second-order valence-corrected chi connectivity index (χ2v) is 12.0. The molecule has 18 nitrogen and oxygen atoms in total. The van der Waals surface area contributed by atoms with Crippen LogP contribution < -0.4 is 28.7 Å². The number of hydrogen-bond acceptors (Lipinski definition) is 18. The Hall–Kier alpha value is -1.27. The van der Waals surface area contributed by atoms with E-state index in [-0.39, 0.29) is 44.7 Å². The highest BCUT2D eigenvalue weighted by molar-refractivity contribution is 5.78. The van der Waals surface area contributed by atoms with Crippen LogP contribution >= 0.6 is 0 Å². The van der Waals surface area contributed by atoms with Gasteiger partial charge in [0.1, 0.15) is 54.6 Å². The first-order chi connectivity index (χ1) is 21.4. The molecule has 0 amide bonds. The fourth-order valence-electron chi connectivity index (χ4n) is 6.16. The third-order valence-corrected chi connectivity index (χ3v) is 8.75.